The maximum Gasteiger partial charge on any atom is 0.329 e. The Morgan fingerprint density at radius 3 is 2.41 bits per heavy atom. The summed E-state index contributed by atoms with van der Waals surface area (Å²) in [7, 11) is 1.56. The van der Waals surface area contributed by atoms with E-state index in [0.29, 0.717) is 24.7 Å². The Kier molecular flexibility index (Phi) is 6.35. The average molecular weight is 448 g/mol. The number of hydrogen-bond donors (Lipinski definition) is 1. The van der Waals surface area contributed by atoms with Crippen LogP contribution >= 0.6 is 0 Å². The topological polar surface area (TPSA) is 74.2 Å². The van der Waals surface area contributed by atoms with Crippen LogP contribution in [0, 0.1) is 17.0 Å². The van der Waals surface area contributed by atoms with E-state index in [9.17, 15) is 13.6 Å². The standard InChI is InChI=1S/C24H26F2O6/c1-29-18-10-16(11-19(12-18)32-17-2-3-20(25)21(26)13-17)24-6-4-23(5-7-24,15-31-24)8-9-30-14-22(27)28/h2-3,10-13H,4-9,14-15H2,1H3,(H,27,28). The molecule has 0 aromatic heterocycles. The summed E-state index contributed by atoms with van der Waals surface area (Å²) >= 11 is 0. The molecule has 6 nitrogen and oxygen atoms in total. The van der Waals surface area contributed by atoms with Crippen LogP contribution in [0.4, 0.5) is 8.78 Å². The van der Waals surface area contributed by atoms with Crippen molar-refractivity contribution in [3.8, 4) is 17.2 Å². The first-order valence-corrected chi connectivity index (χ1v) is 10.6. The van der Waals surface area contributed by atoms with Crippen molar-refractivity contribution in [2.24, 2.45) is 5.41 Å². The minimum absolute atomic E-state index is 0.00406. The van der Waals surface area contributed by atoms with Crippen LogP contribution in [-0.2, 0) is 19.9 Å². The third-order valence-electron chi connectivity index (χ3n) is 6.54. The summed E-state index contributed by atoms with van der Waals surface area (Å²) < 4.78 is 49.6. The molecule has 3 aliphatic rings. The molecular formula is C24H26F2O6. The van der Waals surface area contributed by atoms with Crippen molar-refractivity contribution in [3.63, 3.8) is 0 Å². The van der Waals surface area contributed by atoms with Crippen LogP contribution in [0.15, 0.2) is 36.4 Å². The van der Waals surface area contributed by atoms with Gasteiger partial charge in [-0.3, -0.25) is 0 Å². The van der Waals surface area contributed by atoms with Crippen molar-refractivity contribution in [3.05, 3.63) is 53.6 Å². The highest BCUT2D eigenvalue weighted by atomic mass is 19.2. The molecule has 2 heterocycles. The first-order chi connectivity index (χ1) is 15.3. The molecule has 2 aromatic rings. The Labute approximate surface area is 185 Å². The number of aliphatic carboxylic acids is 1. The van der Waals surface area contributed by atoms with E-state index in [4.69, 9.17) is 24.1 Å². The number of carboxylic acids is 1. The van der Waals surface area contributed by atoms with Gasteiger partial charge in [-0.15, -0.1) is 0 Å². The van der Waals surface area contributed by atoms with E-state index in [2.05, 4.69) is 0 Å². The lowest BCUT2D eigenvalue weighted by atomic mass is 9.63. The number of fused-ring (bicyclic) bond motifs is 3. The van der Waals surface area contributed by atoms with Crippen LogP contribution in [0.5, 0.6) is 17.2 Å². The Bertz CT molecular complexity index is 968. The van der Waals surface area contributed by atoms with Gasteiger partial charge in [0.15, 0.2) is 11.6 Å². The van der Waals surface area contributed by atoms with Crippen LogP contribution in [0.25, 0.3) is 0 Å². The molecule has 2 aliphatic heterocycles. The van der Waals surface area contributed by atoms with E-state index in [1.165, 1.54) is 6.07 Å². The van der Waals surface area contributed by atoms with Gasteiger partial charge in [0.1, 0.15) is 23.9 Å². The van der Waals surface area contributed by atoms with E-state index in [1.54, 1.807) is 13.2 Å². The van der Waals surface area contributed by atoms with Crippen molar-refractivity contribution in [2.75, 3.05) is 26.9 Å². The van der Waals surface area contributed by atoms with Crippen LogP contribution in [0.3, 0.4) is 0 Å². The number of hydrogen-bond acceptors (Lipinski definition) is 5. The number of ether oxygens (including phenoxy) is 4. The van der Waals surface area contributed by atoms with Crippen LogP contribution in [-0.4, -0.2) is 38.0 Å². The van der Waals surface area contributed by atoms with Crippen molar-refractivity contribution in [2.45, 2.75) is 37.7 Å². The van der Waals surface area contributed by atoms with Gasteiger partial charge < -0.3 is 24.1 Å². The van der Waals surface area contributed by atoms with Crippen LogP contribution in [0.1, 0.15) is 37.7 Å². The van der Waals surface area contributed by atoms with Crippen LogP contribution in [0.2, 0.25) is 0 Å². The highest BCUT2D eigenvalue weighted by Crippen LogP contribution is 2.55. The number of rotatable bonds is 9. The van der Waals surface area contributed by atoms with E-state index in [-0.39, 0.29) is 17.8 Å². The molecule has 32 heavy (non-hydrogen) atoms. The van der Waals surface area contributed by atoms with Crippen molar-refractivity contribution >= 4 is 5.97 Å². The zero-order chi connectivity index (χ0) is 22.8. The van der Waals surface area contributed by atoms with Gasteiger partial charge in [0.2, 0.25) is 0 Å². The summed E-state index contributed by atoms with van der Waals surface area (Å²) in [5, 5.41) is 8.72. The van der Waals surface area contributed by atoms with Gasteiger partial charge in [-0.25, -0.2) is 13.6 Å². The molecule has 8 heteroatoms. The van der Waals surface area contributed by atoms with Gasteiger partial charge in [-0.2, -0.15) is 0 Å². The van der Waals surface area contributed by atoms with E-state index in [1.807, 2.05) is 12.1 Å². The first kappa shape index (κ1) is 22.5. The minimum atomic E-state index is -0.976. The second kappa shape index (κ2) is 9.03. The second-order valence-electron chi connectivity index (χ2n) is 8.55. The molecule has 5 rings (SSSR count). The van der Waals surface area contributed by atoms with Gasteiger partial charge in [-0.05, 0) is 67.3 Å². The van der Waals surface area contributed by atoms with Crippen LogP contribution < -0.4 is 9.47 Å². The van der Waals surface area contributed by atoms with Crippen molar-refractivity contribution in [1.82, 2.24) is 0 Å². The van der Waals surface area contributed by atoms with Gasteiger partial charge in [0.25, 0.3) is 0 Å². The normalized spacial score (nSPS) is 24.3. The third kappa shape index (κ3) is 4.71. The summed E-state index contributed by atoms with van der Waals surface area (Å²) in [5.41, 5.74) is 0.457. The van der Waals surface area contributed by atoms with Gasteiger partial charge >= 0.3 is 5.97 Å². The molecular weight excluding hydrogens is 422 g/mol. The maximum absolute atomic E-state index is 13.6. The fourth-order valence-electron chi connectivity index (χ4n) is 4.59. The second-order valence-corrected chi connectivity index (χ2v) is 8.55. The zero-order valence-electron chi connectivity index (χ0n) is 17.9. The molecule has 0 amide bonds. The molecule has 0 radical (unpaired) electrons. The predicted molar refractivity (Wildman–Crippen MR) is 111 cm³/mol. The number of carbonyl (C=O) groups is 1. The zero-order valence-corrected chi connectivity index (χ0v) is 17.9. The molecule has 1 saturated carbocycles. The fraction of sp³-hybridized carbons (Fsp3) is 0.458. The lowest BCUT2D eigenvalue weighted by Gasteiger charge is -2.53. The van der Waals surface area contributed by atoms with Gasteiger partial charge in [0.05, 0.1) is 19.3 Å². The Balaban J connectivity index is 1.49. The van der Waals surface area contributed by atoms with E-state index >= 15 is 0 Å². The fourth-order valence-corrected chi connectivity index (χ4v) is 4.59. The highest BCUT2D eigenvalue weighted by molar-refractivity contribution is 5.67. The number of halogens is 2. The molecule has 2 aromatic carbocycles. The summed E-state index contributed by atoms with van der Waals surface area (Å²) in [6.45, 7) is 0.680. The summed E-state index contributed by atoms with van der Waals surface area (Å²) in [4.78, 5) is 10.6. The largest absolute Gasteiger partial charge is 0.497 e. The monoisotopic (exact) mass is 448 g/mol. The summed E-state index contributed by atoms with van der Waals surface area (Å²) in [6.07, 6.45) is 4.27. The molecule has 0 atom stereocenters. The number of methoxy groups -OCH3 is 1. The predicted octanol–water partition coefficient (Wildman–Crippen LogP) is 5.04. The highest BCUT2D eigenvalue weighted by Gasteiger charge is 2.50. The first-order valence-electron chi connectivity index (χ1n) is 10.6. The molecule has 0 unspecified atom stereocenters. The van der Waals surface area contributed by atoms with Gasteiger partial charge in [0, 0.05) is 18.7 Å². The molecule has 3 fully saturated rings. The van der Waals surface area contributed by atoms with Gasteiger partial charge in [-0.1, -0.05) is 0 Å². The van der Waals surface area contributed by atoms with E-state index in [0.717, 1.165) is 49.8 Å². The lowest BCUT2D eigenvalue weighted by Crippen LogP contribution is -2.49. The molecule has 2 saturated heterocycles. The summed E-state index contributed by atoms with van der Waals surface area (Å²) in [6, 6.07) is 8.87. The molecule has 0 spiro atoms. The smallest absolute Gasteiger partial charge is 0.329 e. The quantitative estimate of drug-likeness (QED) is 0.542. The van der Waals surface area contributed by atoms with Crippen molar-refractivity contribution < 1.29 is 37.6 Å². The molecule has 1 N–H and O–H groups in total. The Morgan fingerprint density at radius 2 is 1.78 bits per heavy atom. The molecule has 2 bridgehead atoms. The summed E-state index contributed by atoms with van der Waals surface area (Å²) in [5.74, 6) is -1.65. The van der Waals surface area contributed by atoms with E-state index < -0.39 is 23.2 Å². The number of benzene rings is 2. The maximum atomic E-state index is 13.6. The Morgan fingerprint density at radius 1 is 1.03 bits per heavy atom. The third-order valence-corrected chi connectivity index (χ3v) is 6.54. The minimum Gasteiger partial charge on any atom is -0.497 e. The molecule has 1 aliphatic carbocycles. The number of carboxylic acid groups (broad SMARTS) is 1. The SMILES string of the molecule is COc1cc(Oc2ccc(F)c(F)c2)cc(C23CCC(CCOCC(=O)O)(CC2)CO3)c1. The Hall–Kier alpha value is -2.71. The lowest BCUT2D eigenvalue weighted by molar-refractivity contribution is -0.194. The van der Waals surface area contributed by atoms with Crippen molar-refractivity contribution in [1.29, 1.82) is 0 Å². The molecule has 172 valence electrons. The average Bonchev–Trinajstić information content (AvgIpc) is 2.80.